The van der Waals surface area contributed by atoms with Crippen molar-refractivity contribution in [3.05, 3.63) is 0 Å². The summed E-state index contributed by atoms with van der Waals surface area (Å²) < 4.78 is 0. The predicted octanol–water partition coefficient (Wildman–Crippen LogP) is 1.69. The number of rotatable bonds is 11. The Labute approximate surface area is 106 Å². The number of hydrogen-bond acceptors (Lipinski definition) is 3. The number of unbranched alkanes of at least 4 members (excludes halogenated alkanes) is 3. The molecule has 1 atom stereocenters. The van der Waals surface area contributed by atoms with E-state index in [9.17, 15) is 9.59 Å². The third kappa shape index (κ3) is 10.1. The maximum absolute atomic E-state index is 10.8. The summed E-state index contributed by atoms with van der Waals surface area (Å²) in [4.78, 5) is 21.1. The van der Waals surface area contributed by atoms with Crippen LogP contribution in [0.2, 0.25) is 0 Å². The Bertz CT molecular complexity index is 236. The number of hydrogen-bond donors (Lipinski definition) is 3. The van der Waals surface area contributed by atoms with Gasteiger partial charge in [0.1, 0.15) is 6.04 Å². The lowest BCUT2D eigenvalue weighted by Crippen LogP contribution is -2.37. The van der Waals surface area contributed by atoms with Crippen molar-refractivity contribution in [2.24, 2.45) is 0 Å². The minimum atomic E-state index is -0.994. The number of halogens is 1. The minimum absolute atomic E-state index is 0.117. The Morgan fingerprint density at radius 3 is 2.29 bits per heavy atom. The average Bonchev–Trinajstić information content (AvgIpc) is 2.26. The molecule has 17 heavy (non-hydrogen) atoms. The summed E-state index contributed by atoms with van der Waals surface area (Å²) in [5.74, 6) is -1.31. The van der Waals surface area contributed by atoms with Crippen LogP contribution in [0, 0.1) is 0 Å². The van der Waals surface area contributed by atoms with Crippen molar-refractivity contribution in [1.29, 1.82) is 0 Å². The van der Waals surface area contributed by atoms with Gasteiger partial charge in [0.25, 0.3) is 0 Å². The monoisotopic (exact) mass is 265 g/mol. The molecule has 0 aromatic heterocycles. The van der Waals surface area contributed by atoms with E-state index in [4.69, 9.17) is 21.8 Å². The number of carbonyl (C=O) groups is 2. The van der Waals surface area contributed by atoms with Crippen LogP contribution < -0.4 is 5.32 Å². The molecule has 0 amide bonds. The van der Waals surface area contributed by atoms with E-state index < -0.39 is 18.0 Å². The summed E-state index contributed by atoms with van der Waals surface area (Å²) in [6, 6.07) is -0.765. The van der Waals surface area contributed by atoms with Crippen molar-refractivity contribution in [2.45, 2.75) is 44.6 Å². The standard InChI is InChI=1S/C11H20ClNO4/c12-7-3-1-2-4-8-13-9(11(16)17)5-6-10(14)15/h9,13H,1-8H2,(H,14,15)(H,16,17)/t9-/m0/s1. The van der Waals surface area contributed by atoms with Crippen LogP contribution in [0.15, 0.2) is 0 Å². The SMILES string of the molecule is O=C(O)CC[C@H](NCCCCCCCl)C(=O)O. The van der Waals surface area contributed by atoms with Crippen LogP contribution in [0.25, 0.3) is 0 Å². The number of alkyl halides is 1. The van der Waals surface area contributed by atoms with Crippen molar-refractivity contribution in [3.8, 4) is 0 Å². The summed E-state index contributed by atoms with van der Waals surface area (Å²) in [5.41, 5.74) is 0. The summed E-state index contributed by atoms with van der Waals surface area (Å²) in [7, 11) is 0. The van der Waals surface area contributed by atoms with Gasteiger partial charge in [0.15, 0.2) is 0 Å². The van der Waals surface area contributed by atoms with Crippen LogP contribution in [0.4, 0.5) is 0 Å². The molecule has 0 heterocycles. The normalized spacial score (nSPS) is 12.3. The number of nitrogens with one attached hydrogen (secondary N) is 1. The lowest BCUT2D eigenvalue weighted by atomic mass is 10.1. The number of carboxylic acids is 2. The van der Waals surface area contributed by atoms with E-state index in [1.165, 1.54) is 0 Å². The van der Waals surface area contributed by atoms with Gasteiger partial charge in [-0.3, -0.25) is 9.59 Å². The third-order valence-corrected chi connectivity index (χ3v) is 2.66. The third-order valence-electron chi connectivity index (χ3n) is 2.40. The second-order valence-electron chi connectivity index (χ2n) is 3.88. The summed E-state index contributed by atoms with van der Waals surface area (Å²) in [6.07, 6.45) is 3.89. The maximum atomic E-state index is 10.8. The van der Waals surface area contributed by atoms with Gasteiger partial charge in [-0.05, 0) is 25.8 Å². The first-order valence-electron chi connectivity index (χ1n) is 5.82. The number of carboxylic acid groups (broad SMARTS) is 2. The van der Waals surface area contributed by atoms with Crippen LogP contribution in [0.5, 0.6) is 0 Å². The van der Waals surface area contributed by atoms with Crippen LogP contribution in [-0.4, -0.2) is 40.6 Å². The van der Waals surface area contributed by atoms with Gasteiger partial charge in [0, 0.05) is 12.3 Å². The molecule has 0 rings (SSSR count). The molecule has 0 saturated heterocycles. The fraction of sp³-hybridized carbons (Fsp3) is 0.818. The van der Waals surface area contributed by atoms with E-state index in [-0.39, 0.29) is 12.8 Å². The maximum Gasteiger partial charge on any atom is 0.320 e. The van der Waals surface area contributed by atoms with Gasteiger partial charge in [0.05, 0.1) is 0 Å². The Hall–Kier alpha value is -0.810. The zero-order chi connectivity index (χ0) is 13.1. The smallest absolute Gasteiger partial charge is 0.320 e. The van der Waals surface area contributed by atoms with Gasteiger partial charge in [-0.15, -0.1) is 11.6 Å². The molecule has 0 aromatic carbocycles. The lowest BCUT2D eigenvalue weighted by molar-refractivity contribution is -0.140. The summed E-state index contributed by atoms with van der Waals surface area (Å²) >= 11 is 5.53. The van der Waals surface area contributed by atoms with Gasteiger partial charge < -0.3 is 15.5 Å². The highest BCUT2D eigenvalue weighted by Crippen LogP contribution is 2.02. The molecule has 0 aromatic rings. The molecule has 0 saturated carbocycles. The second-order valence-corrected chi connectivity index (χ2v) is 4.26. The van der Waals surface area contributed by atoms with Crippen molar-refractivity contribution >= 4 is 23.5 Å². The molecule has 0 fully saturated rings. The summed E-state index contributed by atoms with van der Waals surface area (Å²) in [5, 5.41) is 20.2. The van der Waals surface area contributed by atoms with E-state index in [2.05, 4.69) is 5.32 Å². The zero-order valence-electron chi connectivity index (χ0n) is 9.82. The topological polar surface area (TPSA) is 86.6 Å². The predicted molar refractivity (Wildman–Crippen MR) is 65.5 cm³/mol. The molecule has 0 aliphatic rings. The van der Waals surface area contributed by atoms with Gasteiger partial charge >= 0.3 is 11.9 Å². The molecule has 0 aliphatic carbocycles. The lowest BCUT2D eigenvalue weighted by Gasteiger charge is -2.13. The van der Waals surface area contributed by atoms with Crippen LogP contribution >= 0.6 is 11.6 Å². The fourth-order valence-corrected chi connectivity index (χ4v) is 1.62. The quantitative estimate of drug-likeness (QED) is 0.391. The number of aliphatic carboxylic acids is 2. The molecule has 0 spiro atoms. The molecule has 100 valence electrons. The molecule has 0 aliphatic heterocycles. The van der Waals surface area contributed by atoms with Gasteiger partial charge in [0.2, 0.25) is 0 Å². The van der Waals surface area contributed by atoms with Gasteiger partial charge in [-0.2, -0.15) is 0 Å². The molecular formula is C11H20ClNO4. The first-order valence-corrected chi connectivity index (χ1v) is 6.35. The first-order chi connectivity index (χ1) is 8.07. The van der Waals surface area contributed by atoms with Crippen LogP contribution in [0.3, 0.4) is 0 Å². The van der Waals surface area contributed by atoms with Crippen molar-refractivity contribution < 1.29 is 19.8 Å². The van der Waals surface area contributed by atoms with Gasteiger partial charge in [-0.1, -0.05) is 12.8 Å². The zero-order valence-corrected chi connectivity index (χ0v) is 10.6. The van der Waals surface area contributed by atoms with E-state index in [0.29, 0.717) is 12.4 Å². The minimum Gasteiger partial charge on any atom is -0.481 e. The Balaban J connectivity index is 3.63. The van der Waals surface area contributed by atoms with Gasteiger partial charge in [-0.25, -0.2) is 0 Å². The first kappa shape index (κ1) is 16.2. The Morgan fingerprint density at radius 1 is 1.12 bits per heavy atom. The Kier molecular flexibility index (Phi) is 9.86. The molecule has 0 radical (unpaired) electrons. The largest absolute Gasteiger partial charge is 0.481 e. The van der Waals surface area contributed by atoms with E-state index >= 15 is 0 Å². The van der Waals surface area contributed by atoms with Crippen LogP contribution in [0.1, 0.15) is 38.5 Å². The second kappa shape index (κ2) is 10.4. The van der Waals surface area contributed by atoms with Crippen LogP contribution in [-0.2, 0) is 9.59 Å². The molecule has 0 bridgehead atoms. The molecule has 0 unspecified atom stereocenters. The molecule has 5 nitrogen and oxygen atoms in total. The highest BCUT2D eigenvalue weighted by Gasteiger charge is 2.17. The highest BCUT2D eigenvalue weighted by atomic mass is 35.5. The van der Waals surface area contributed by atoms with Crippen molar-refractivity contribution in [2.75, 3.05) is 12.4 Å². The van der Waals surface area contributed by atoms with E-state index in [0.717, 1.165) is 25.7 Å². The average molecular weight is 266 g/mol. The molecule has 3 N–H and O–H groups in total. The highest BCUT2D eigenvalue weighted by molar-refractivity contribution is 6.17. The molecule has 6 heteroatoms. The summed E-state index contributed by atoms with van der Waals surface area (Å²) in [6.45, 7) is 0.596. The fourth-order valence-electron chi connectivity index (χ4n) is 1.43. The van der Waals surface area contributed by atoms with E-state index in [1.54, 1.807) is 0 Å². The van der Waals surface area contributed by atoms with E-state index in [1.807, 2.05) is 0 Å². The van der Waals surface area contributed by atoms with Crippen molar-refractivity contribution in [3.63, 3.8) is 0 Å². The van der Waals surface area contributed by atoms with Crippen molar-refractivity contribution in [1.82, 2.24) is 5.32 Å². The Morgan fingerprint density at radius 2 is 1.76 bits per heavy atom. The molecular weight excluding hydrogens is 246 g/mol.